The number of pyridine rings is 1. The molecule has 92 valence electrons. The minimum Gasteiger partial charge on any atom is -0.290 e. The first-order valence-electron chi connectivity index (χ1n) is 5.29. The molecule has 2 aromatic heterocycles. The number of aryl methyl sites for hydroxylation is 2. The van der Waals surface area contributed by atoms with E-state index in [1.54, 1.807) is 25.3 Å². The topological polar surface area (TPSA) is 67.8 Å². The van der Waals surface area contributed by atoms with E-state index in [-0.39, 0.29) is 11.9 Å². The Morgan fingerprint density at radius 1 is 1.22 bits per heavy atom. The second kappa shape index (κ2) is 5.10. The molecule has 2 heterocycles. The van der Waals surface area contributed by atoms with Gasteiger partial charge < -0.3 is 0 Å². The van der Waals surface area contributed by atoms with Crippen LogP contribution >= 0.6 is 11.6 Å². The Hall–Kier alpha value is -2.01. The molecule has 2 rings (SSSR count). The molecule has 0 radical (unpaired) electrons. The predicted octanol–water partition coefficient (Wildman–Crippen LogP) is 2.39. The summed E-state index contributed by atoms with van der Waals surface area (Å²) in [7, 11) is 0. The van der Waals surface area contributed by atoms with Gasteiger partial charge in [0.15, 0.2) is 0 Å². The SMILES string of the molecule is Cc1cncc(C(=O)Nc2nc(C)cc(Cl)n2)c1. The monoisotopic (exact) mass is 262 g/mol. The first-order valence-corrected chi connectivity index (χ1v) is 5.66. The highest BCUT2D eigenvalue weighted by atomic mass is 35.5. The summed E-state index contributed by atoms with van der Waals surface area (Å²) < 4.78 is 0. The minimum atomic E-state index is -0.312. The van der Waals surface area contributed by atoms with E-state index in [0.29, 0.717) is 16.4 Å². The van der Waals surface area contributed by atoms with E-state index < -0.39 is 0 Å². The van der Waals surface area contributed by atoms with Crippen LogP contribution in [0.15, 0.2) is 24.5 Å². The molecule has 1 N–H and O–H groups in total. The molecule has 0 spiro atoms. The number of nitrogens with one attached hydrogen (secondary N) is 1. The van der Waals surface area contributed by atoms with Crippen molar-refractivity contribution in [2.24, 2.45) is 0 Å². The number of nitrogens with zero attached hydrogens (tertiary/aromatic N) is 3. The normalized spacial score (nSPS) is 10.2. The standard InChI is InChI=1S/C12H11ClN4O/c1-7-3-9(6-14-5-7)11(18)17-12-15-8(2)4-10(13)16-12/h3-6H,1-2H3,(H,15,16,17,18). The van der Waals surface area contributed by atoms with Crippen molar-refractivity contribution in [3.63, 3.8) is 0 Å². The fraction of sp³-hybridized carbons (Fsp3) is 0.167. The van der Waals surface area contributed by atoms with Crippen molar-refractivity contribution in [3.8, 4) is 0 Å². The second-order valence-electron chi connectivity index (χ2n) is 3.86. The van der Waals surface area contributed by atoms with Gasteiger partial charge in [0.25, 0.3) is 5.91 Å². The van der Waals surface area contributed by atoms with Crippen LogP contribution in [-0.4, -0.2) is 20.9 Å². The van der Waals surface area contributed by atoms with Gasteiger partial charge in [0.1, 0.15) is 5.15 Å². The van der Waals surface area contributed by atoms with Gasteiger partial charge in [-0.25, -0.2) is 9.97 Å². The van der Waals surface area contributed by atoms with Gasteiger partial charge in [-0.05, 0) is 31.5 Å². The third-order valence-corrected chi connectivity index (χ3v) is 2.38. The number of halogens is 1. The highest BCUT2D eigenvalue weighted by Gasteiger charge is 2.09. The van der Waals surface area contributed by atoms with E-state index in [1.165, 1.54) is 6.20 Å². The Labute approximate surface area is 109 Å². The molecule has 0 bridgehead atoms. The number of aromatic nitrogens is 3. The number of carbonyl (C=O) groups is 1. The maximum Gasteiger partial charge on any atom is 0.259 e. The van der Waals surface area contributed by atoms with Gasteiger partial charge in [0.2, 0.25) is 5.95 Å². The van der Waals surface area contributed by atoms with Crippen molar-refractivity contribution in [1.29, 1.82) is 0 Å². The highest BCUT2D eigenvalue weighted by Crippen LogP contribution is 2.11. The first kappa shape index (κ1) is 12.4. The molecule has 2 aromatic rings. The van der Waals surface area contributed by atoms with Gasteiger partial charge in [-0.1, -0.05) is 11.6 Å². The number of rotatable bonds is 2. The number of amides is 1. The smallest absolute Gasteiger partial charge is 0.259 e. The molecule has 0 aromatic carbocycles. The summed E-state index contributed by atoms with van der Waals surface area (Å²) in [5.41, 5.74) is 2.05. The van der Waals surface area contributed by atoms with Gasteiger partial charge in [0.05, 0.1) is 5.56 Å². The zero-order chi connectivity index (χ0) is 13.1. The van der Waals surface area contributed by atoms with Crippen molar-refractivity contribution >= 4 is 23.5 Å². The van der Waals surface area contributed by atoms with Crippen molar-refractivity contribution < 1.29 is 4.79 Å². The molecule has 5 nitrogen and oxygen atoms in total. The molecule has 0 aliphatic carbocycles. The summed E-state index contributed by atoms with van der Waals surface area (Å²) in [6.45, 7) is 3.64. The lowest BCUT2D eigenvalue weighted by Gasteiger charge is -2.05. The molecular weight excluding hydrogens is 252 g/mol. The molecule has 1 amide bonds. The third kappa shape index (κ3) is 3.01. The molecular formula is C12H11ClN4O. The van der Waals surface area contributed by atoms with Crippen molar-refractivity contribution in [2.45, 2.75) is 13.8 Å². The van der Waals surface area contributed by atoms with Gasteiger partial charge in [0, 0.05) is 18.1 Å². The Morgan fingerprint density at radius 3 is 2.67 bits per heavy atom. The van der Waals surface area contributed by atoms with E-state index >= 15 is 0 Å². The van der Waals surface area contributed by atoms with Crippen LogP contribution in [0, 0.1) is 13.8 Å². The molecule has 0 saturated carbocycles. The molecule has 6 heteroatoms. The molecule has 0 aliphatic rings. The van der Waals surface area contributed by atoms with Crippen LogP contribution in [0.3, 0.4) is 0 Å². The summed E-state index contributed by atoms with van der Waals surface area (Å²) in [6, 6.07) is 3.35. The molecule has 0 atom stereocenters. The van der Waals surface area contributed by atoms with Crippen LogP contribution in [0.2, 0.25) is 5.15 Å². The van der Waals surface area contributed by atoms with Gasteiger partial charge in [-0.15, -0.1) is 0 Å². The van der Waals surface area contributed by atoms with Crippen LogP contribution in [0.25, 0.3) is 0 Å². The van der Waals surface area contributed by atoms with Crippen LogP contribution in [0.4, 0.5) is 5.95 Å². The van der Waals surface area contributed by atoms with Crippen molar-refractivity contribution in [3.05, 3.63) is 46.5 Å². The van der Waals surface area contributed by atoms with Crippen LogP contribution in [0.1, 0.15) is 21.6 Å². The average molecular weight is 263 g/mol. The van der Waals surface area contributed by atoms with E-state index in [2.05, 4.69) is 20.3 Å². The number of hydrogen-bond acceptors (Lipinski definition) is 4. The molecule has 0 saturated heterocycles. The Bertz CT molecular complexity index is 580. The number of carbonyl (C=O) groups excluding carboxylic acids is 1. The number of hydrogen-bond donors (Lipinski definition) is 1. The minimum absolute atomic E-state index is 0.187. The zero-order valence-electron chi connectivity index (χ0n) is 9.94. The molecule has 0 aliphatic heterocycles. The lowest BCUT2D eigenvalue weighted by molar-refractivity contribution is 0.102. The Morgan fingerprint density at radius 2 is 2.00 bits per heavy atom. The zero-order valence-corrected chi connectivity index (χ0v) is 10.7. The Balaban J connectivity index is 2.21. The maximum atomic E-state index is 11.9. The summed E-state index contributed by atoms with van der Waals surface area (Å²) in [6.07, 6.45) is 3.16. The lowest BCUT2D eigenvalue weighted by atomic mass is 10.2. The van der Waals surface area contributed by atoms with E-state index in [1.807, 2.05) is 6.92 Å². The second-order valence-corrected chi connectivity index (χ2v) is 4.25. The quantitative estimate of drug-likeness (QED) is 0.844. The largest absolute Gasteiger partial charge is 0.290 e. The van der Waals surface area contributed by atoms with Gasteiger partial charge in [-0.3, -0.25) is 15.1 Å². The highest BCUT2D eigenvalue weighted by molar-refractivity contribution is 6.29. The third-order valence-electron chi connectivity index (χ3n) is 2.19. The summed E-state index contributed by atoms with van der Waals surface area (Å²) in [5, 5.41) is 2.87. The lowest BCUT2D eigenvalue weighted by Crippen LogP contribution is -2.15. The van der Waals surface area contributed by atoms with Crippen LogP contribution < -0.4 is 5.32 Å². The summed E-state index contributed by atoms with van der Waals surface area (Å²) >= 11 is 5.79. The molecule has 18 heavy (non-hydrogen) atoms. The van der Waals surface area contributed by atoms with E-state index in [0.717, 1.165) is 5.56 Å². The first-order chi connectivity index (χ1) is 8.54. The van der Waals surface area contributed by atoms with Gasteiger partial charge >= 0.3 is 0 Å². The molecule has 0 unspecified atom stereocenters. The summed E-state index contributed by atoms with van der Waals surface area (Å²) in [4.78, 5) is 23.9. The van der Waals surface area contributed by atoms with Crippen molar-refractivity contribution in [1.82, 2.24) is 15.0 Å². The van der Waals surface area contributed by atoms with Crippen molar-refractivity contribution in [2.75, 3.05) is 5.32 Å². The average Bonchev–Trinajstić information content (AvgIpc) is 2.27. The Kier molecular flexibility index (Phi) is 3.53. The predicted molar refractivity (Wildman–Crippen MR) is 68.7 cm³/mol. The van der Waals surface area contributed by atoms with Crippen LogP contribution in [-0.2, 0) is 0 Å². The maximum absolute atomic E-state index is 11.9. The fourth-order valence-electron chi connectivity index (χ4n) is 1.44. The molecule has 0 fully saturated rings. The van der Waals surface area contributed by atoms with E-state index in [9.17, 15) is 4.79 Å². The van der Waals surface area contributed by atoms with E-state index in [4.69, 9.17) is 11.6 Å². The van der Waals surface area contributed by atoms with Crippen LogP contribution in [0.5, 0.6) is 0 Å². The van der Waals surface area contributed by atoms with Gasteiger partial charge in [-0.2, -0.15) is 0 Å². The summed E-state index contributed by atoms with van der Waals surface area (Å²) in [5.74, 6) is -0.126. The fourth-order valence-corrected chi connectivity index (χ4v) is 1.68. The number of anilines is 1.